The van der Waals surface area contributed by atoms with Crippen molar-refractivity contribution in [2.75, 3.05) is 13.0 Å². The lowest BCUT2D eigenvalue weighted by atomic mass is 10.2. The Morgan fingerprint density at radius 3 is 2.65 bits per heavy atom. The van der Waals surface area contributed by atoms with Gasteiger partial charge >= 0.3 is 0 Å². The Labute approximate surface area is 121 Å². The molecule has 0 radical (unpaired) electrons. The van der Waals surface area contributed by atoms with Crippen LogP contribution in [0.2, 0.25) is 0 Å². The summed E-state index contributed by atoms with van der Waals surface area (Å²) in [5.41, 5.74) is 2.89. The van der Waals surface area contributed by atoms with Gasteiger partial charge in [-0.05, 0) is 32.0 Å². The number of nitrogens with zero attached hydrogens (tertiary/aromatic N) is 1. The van der Waals surface area contributed by atoms with Crippen molar-refractivity contribution in [2.45, 2.75) is 13.8 Å². The highest BCUT2D eigenvalue weighted by molar-refractivity contribution is 6.30. The molecule has 2 aromatic rings. The molecule has 3 nitrogen and oxygen atoms in total. The SMILES string of the molecule is COc1cc(F)ccc1-n1c(C)cc(C(=O)CCl)c1C. The van der Waals surface area contributed by atoms with Gasteiger partial charge in [0.25, 0.3) is 0 Å². The summed E-state index contributed by atoms with van der Waals surface area (Å²) in [6.45, 7) is 3.70. The summed E-state index contributed by atoms with van der Waals surface area (Å²) in [5.74, 6) is -0.154. The van der Waals surface area contributed by atoms with Gasteiger partial charge in [0.2, 0.25) is 0 Å². The number of aryl methyl sites for hydroxylation is 1. The second-order valence-electron chi connectivity index (χ2n) is 4.49. The first-order chi connectivity index (χ1) is 9.49. The molecule has 0 unspecified atom stereocenters. The summed E-state index contributed by atoms with van der Waals surface area (Å²) in [6, 6.07) is 6.09. The Hall–Kier alpha value is -1.81. The molecule has 0 aliphatic carbocycles. The van der Waals surface area contributed by atoms with E-state index in [1.807, 2.05) is 18.4 Å². The minimum absolute atomic E-state index is 0.0646. The molecule has 0 fully saturated rings. The number of rotatable bonds is 4. The second-order valence-corrected chi connectivity index (χ2v) is 4.76. The molecule has 0 bridgehead atoms. The van der Waals surface area contributed by atoms with Crippen molar-refractivity contribution in [1.82, 2.24) is 4.57 Å². The molecule has 1 heterocycles. The Morgan fingerprint density at radius 2 is 2.05 bits per heavy atom. The summed E-state index contributed by atoms with van der Waals surface area (Å²) < 4.78 is 20.4. The van der Waals surface area contributed by atoms with Crippen molar-refractivity contribution in [3.8, 4) is 11.4 Å². The summed E-state index contributed by atoms with van der Waals surface area (Å²) in [7, 11) is 1.48. The van der Waals surface area contributed by atoms with E-state index in [-0.39, 0.29) is 17.5 Å². The van der Waals surface area contributed by atoms with Gasteiger partial charge in [-0.2, -0.15) is 0 Å². The fourth-order valence-corrected chi connectivity index (χ4v) is 2.47. The first-order valence-corrected chi connectivity index (χ1v) is 6.65. The highest BCUT2D eigenvalue weighted by Gasteiger charge is 2.18. The maximum absolute atomic E-state index is 13.3. The van der Waals surface area contributed by atoms with E-state index in [0.29, 0.717) is 17.0 Å². The van der Waals surface area contributed by atoms with Gasteiger partial charge in [0.1, 0.15) is 11.6 Å². The number of hydrogen-bond donors (Lipinski definition) is 0. The molecule has 1 aromatic carbocycles. The van der Waals surface area contributed by atoms with Crippen molar-refractivity contribution in [2.24, 2.45) is 0 Å². The number of benzene rings is 1. The zero-order valence-electron chi connectivity index (χ0n) is 11.5. The first kappa shape index (κ1) is 14.6. The van der Waals surface area contributed by atoms with Gasteiger partial charge in [0, 0.05) is 23.0 Å². The second kappa shape index (κ2) is 5.67. The Kier molecular flexibility index (Phi) is 4.14. The zero-order valence-corrected chi connectivity index (χ0v) is 12.3. The molecule has 0 aliphatic rings. The minimum Gasteiger partial charge on any atom is -0.494 e. The molecular formula is C15H15ClFNO2. The number of ketones is 1. The predicted octanol–water partition coefficient (Wildman–Crippen LogP) is 3.66. The monoisotopic (exact) mass is 295 g/mol. The lowest BCUT2D eigenvalue weighted by molar-refractivity contribution is 0.102. The average molecular weight is 296 g/mol. The standard InChI is InChI=1S/C15H15ClFNO2/c1-9-6-12(14(19)8-16)10(2)18(9)13-5-4-11(17)7-15(13)20-3/h4-7H,8H2,1-3H3. The number of alkyl halides is 1. The molecule has 0 N–H and O–H groups in total. The van der Waals surface area contributed by atoms with Gasteiger partial charge in [-0.25, -0.2) is 4.39 Å². The molecule has 0 saturated heterocycles. The van der Waals surface area contributed by atoms with Gasteiger partial charge in [-0.3, -0.25) is 4.79 Å². The third kappa shape index (κ3) is 2.43. The van der Waals surface area contributed by atoms with E-state index in [0.717, 1.165) is 11.4 Å². The quantitative estimate of drug-likeness (QED) is 0.637. The number of aromatic nitrogens is 1. The van der Waals surface area contributed by atoms with Crippen LogP contribution in [0.25, 0.3) is 5.69 Å². The van der Waals surface area contributed by atoms with E-state index >= 15 is 0 Å². The van der Waals surface area contributed by atoms with Gasteiger partial charge in [0.15, 0.2) is 5.78 Å². The van der Waals surface area contributed by atoms with Gasteiger partial charge in [0.05, 0.1) is 18.7 Å². The molecule has 2 rings (SSSR count). The lowest BCUT2D eigenvalue weighted by Gasteiger charge is -2.14. The fraction of sp³-hybridized carbons (Fsp3) is 0.267. The molecule has 0 amide bonds. The van der Waals surface area contributed by atoms with Crippen molar-refractivity contribution < 1.29 is 13.9 Å². The fourth-order valence-electron chi connectivity index (χ4n) is 2.32. The molecular weight excluding hydrogens is 281 g/mol. The van der Waals surface area contributed by atoms with E-state index in [4.69, 9.17) is 16.3 Å². The van der Waals surface area contributed by atoms with E-state index < -0.39 is 0 Å². The lowest BCUT2D eigenvalue weighted by Crippen LogP contribution is -2.05. The van der Waals surface area contributed by atoms with Crippen LogP contribution in [-0.2, 0) is 0 Å². The number of carbonyl (C=O) groups is 1. The Bertz CT molecular complexity index is 664. The molecule has 0 spiro atoms. The zero-order chi connectivity index (χ0) is 14.9. The van der Waals surface area contributed by atoms with Crippen LogP contribution < -0.4 is 4.74 Å². The van der Waals surface area contributed by atoms with Crippen LogP contribution in [0.15, 0.2) is 24.3 Å². The number of Topliss-reactive ketones (excluding diaryl/α,β-unsaturated/α-hetero) is 1. The molecule has 0 saturated carbocycles. The largest absolute Gasteiger partial charge is 0.494 e. The average Bonchev–Trinajstić information content (AvgIpc) is 2.73. The van der Waals surface area contributed by atoms with E-state index in [2.05, 4.69) is 0 Å². The van der Waals surface area contributed by atoms with Crippen LogP contribution in [0, 0.1) is 19.7 Å². The van der Waals surface area contributed by atoms with Crippen LogP contribution in [-0.4, -0.2) is 23.3 Å². The summed E-state index contributed by atoms with van der Waals surface area (Å²) in [5, 5.41) is 0. The number of hydrogen-bond acceptors (Lipinski definition) is 2. The number of methoxy groups -OCH3 is 1. The molecule has 1 aromatic heterocycles. The number of carbonyl (C=O) groups excluding carboxylic acids is 1. The molecule has 0 aliphatic heterocycles. The van der Waals surface area contributed by atoms with Crippen molar-refractivity contribution in [3.63, 3.8) is 0 Å². The van der Waals surface area contributed by atoms with Gasteiger partial charge < -0.3 is 9.30 Å². The van der Waals surface area contributed by atoms with Crippen molar-refractivity contribution >= 4 is 17.4 Å². The van der Waals surface area contributed by atoms with Crippen LogP contribution in [0.3, 0.4) is 0 Å². The molecule has 0 atom stereocenters. The topological polar surface area (TPSA) is 31.2 Å². The third-order valence-electron chi connectivity index (χ3n) is 3.24. The third-order valence-corrected chi connectivity index (χ3v) is 3.48. The maximum atomic E-state index is 13.3. The highest BCUT2D eigenvalue weighted by Crippen LogP contribution is 2.29. The van der Waals surface area contributed by atoms with Crippen molar-refractivity contribution in [1.29, 1.82) is 0 Å². The highest BCUT2D eigenvalue weighted by atomic mass is 35.5. The normalized spacial score (nSPS) is 10.7. The van der Waals surface area contributed by atoms with Crippen LogP contribution in [0.5, 0.6) is 5.75 Å². The van der Waals surface area contributed by atoms with Crippen LogP contribution >= 0.6 is 11.6 Å². The summed E-state index contributed by atoms with van der Waals surface area (Å²) in [4.78, 5) is 11.8. The Balaban J connectivity index is 2.65. The van der Waals surface area contributed by atoms with Gasteiger partial charge in [-0.15, -0.1) is 11.6 Å². The smallest absolute Gasteiger partial charge is 0.179 e. The van der Waals surface area contributed by atoms with Crippen LogP contribution in [0.1, 0.15) is 21.7 Å². The maximum Gasteiger partial charge on any atom is 0.179 e. The molecule has 20 heavy (non-hydrogen) atoms. The van der Waals surface area contributed by atoms with E-state index in [1.54, 1.807) is 12.1 Å². The van der Waals surface area contributed by atoms with E-state index in [1.165, 1.54) is 19.2 Å². The van der Waals surface area contributed by atoms with Gasteiger partial charge in [-0.1, -0.05) is 0 Å². The van der Waals surface area contributed by atoms with Crippen molar-refractivity contribution in [3.05, 3.63) is 47.0 Å². The first-order valence-electron chi connectivity index (χ1n) is 6.11. The Morgan fingerprint density at radius 1 is 1.35 bits per heavy atom. The van der Waals surface area contributed by atoms with E-state index in [9.17, 15) is 9.18 Å². The number of ether oxygens (including phenoxy) is 1. The minimum atomic E-state index is -0.370. The summed E-state index contributed by atoms with van der Waals surface area (Å²) in [6.07, 6.45) is 0. The molecule has 106 valence electrons. The predicted molar refractivity (Wildman–Crippen MR) is 76.8 cm³/mol. The molecule has 5 heteroatoms. The number of halogens is 2. The van der Waals surface area contributed by atoms with Crippen LogP contribution in [0.4, 0.5) is 4.39 Å². The summed E-state index contributed by atoms with van der Waals surface area (Å²) >= 11 is 5.61.